The van der Waals surface area contributed by atoms with Crippen LogP contribution in [0.4, 0.5) is 11.9 Å². The van der Waals surface area contributed by atoms with Crippen molar-refractivity contribution in [1.82, 2.24) is 29.7 Å². The minimum atomic E-state index is 0.168. The van der Waals surface area contributed by atoms with E-state index in [9.17, 15) is 0 Å². The van der Waals surface area contributed by atoms with Crippen molar-refractivity contribution in [2.24, 2.45) is 0 Å². The van der Waals surface area contributed by atoms with Gasteiger partial charge in [0.1, 0.15) is 12.7 Å². The van der Waals surface area contributed by atoms with Crippen LogP contribution in [0.2, 0.25) is 0 Å². The molecule has 0 radical (unpaired) electrons. The lowest BCUT2D eigenvalue weighted by Gasteiger charge is -2.35. The van der Waals surface area contributed by atoms with Crippen LogP contribution in [-0.2, 0) is 4.74 Å². The molecule has 1 aliphatic heterocycles. The summed E-state index contributed by atoms with van der Waals surface area (Å²) < 4.78 is 6.95. The first-order valence-electron chi connectivity index (χ1n) is 6.49. The maximum atomic E-state index is 5.78. The smallest absolute Gasteiger partial charge is 0.258 e. The summed E-state index contributed by atoms with van der Waals surface area (Å²) in [5.74, 6) is 1.09. The lowest BCUT2D eigenvalue weighted by Crippen LogP contribution is -2.46. The van der Waals surface area contributed by atoms with Crippen molar-refractivity contribution < 1.29 is 4.74 Å². The molecule has 1 saturated heterocycles. The molecule has 2 N–H and O–H groups in total. The summed E-state index contributed by atoms with van der Waals surface area (Å²) in [4.78, 5) is 18.7. The van der Waals surface area contributed by atoms with E-state index in [1.54, 1.807) is 0 Å². The Morgan fingerprint density at radius 1 is 1.35 bits per heavy atom. The van der Waals surface area contributed by atoms with Crippen LogP contribution in [0.15, 0.2) is 12.7 Å². The van der Waals surface area contributed by atoms with E-state index in [-0.39, 0.29) is 12.0 Å². The standard InChI is InChI=1S/C11H16N8O/c1-2-8-5-20-4-3-18(8)10-15-9(12)16-11(17-10)19-7-13-6-14-19/h6-8H,2-5H2,1H3,(H2,12,15,16,17). The van der Waals surface area contributed by atoms with E-state index in [1.807, 2.05) is 0 Å². The van der Waals surface area contributed by atoms with Crippen LogP contribution in [0.25, 0.3) is 5.95 Å². The molecule has 1 fully saturated rings. The molecule has 1 unspecified atom stereocenters. The topological polar surface area (TPSA) is 108 Å². The van der Waals surface area contributed by atoms with Crippen molar-refractivity contribution in [3.05, 3.63) is 12.7 Å². The number of aromatic nitrogens is 6. The molecule has 3 rings (SSSR count). The van der Waals surface area contributed by atoms with Crippen LogP contribution in [0, 0.1) is 0 Å². The van der Waals surface area contributed by atoms with Gasteiger partial charge in [-0.05, 0) is 6.42 Å². The Morgan fingerprint density at radius 3 is 2.95 bits per heavy atom. The highest BCUT2D eigenvalue weighted by Gasteiger charge is 2.24. The van der Waals surface area contributed by atoms with E-state index in [1.165, 1.54) is 17.3 Å². The molecule has 0 aliphatic carbocycles. The van der Waals surface area contributed by atoms with Gasteiger partial charge in [0.15, 0.2) is 0 Å². The lowest BCUT2D eigenvalue weighted by molar-refractivity contribution is 0.0921. The van der Waals surface area contributed by atoms with E-state index in [0.717, 1.165) is 13.0 Å². The quantitative estimate of drug-likeness (QED) is 0.810. The highest BCUT2D eigenvalue weighted by molar-refractivity contribution is 5.39. The second kappa shape index (κ2) is 5.37. The molecule has 9 nitrogen and oxygen atoms in total. The Morgan fingerprint density at radius 2 is 2.20 bits per heavy atom. The molecule has 0 amide bonds. The van der Waals surface area contributed by atoms with Crippen LogP contribution < -0.4 is 10.6 Å². The van der Waals surface area contributed by atoms with E-state index in [0.29, 0.717) is 25.1 Å². The molecule has 2 aromatic rings. The van der Waals surface area contributed by atoms with Gasteiger partial charge in [0.2, 0.25) is 11.9 Å². The largest absolute Gasteiger partial charge is 0.377 e. The van der Waals surface area contributed by atoms with Crippen LogP contribution in [0.5, 0.6) is 0 Å². The molecule has 0 bridgehead atoms. The summed E-state index contributed by atoms with van der Waals surface area (Å²) in [5, 5.41) is 4.01. The first kappa shape index (κ1) is 12.7. The molecular formula is C11H16N8O. The van der Waals surface area contributed by atoms with Crippen molar-refractivity contribution in [3.8, 4) is 5.95 Å². The lowest BCUT2D eigenvalue weighted by atomic mass is 10.2. The number of hydrogen-bond donors (Lipinski definition) is 1. The van der Waals surface area contributed by atoms with E-state index >= 15 is 0 Å². The summed E-state index contributed by atoms with van der Waals surface area (Å²) in [6, 6.07) is 0.245. The highest BCUT2D eigenvalue weighted by Crippen LogP contribution is 2.18. The summed E-state index contributed by atoms with van der Waals surface area (Å²) in [6.07, 6.45) is 3.89. The minimum absolute atomic E-state index is 0.168. The fraction of sp³-hybridized carbons (Fsp3) is 0.545. The Labute approximate surface area is 115 Å². The van der Waals surface area contributed by atoms with Crippen LogP contribution >= 0.6 is 0 Å². The molecule has 0 aromatic carbocycles. The van der Waals surface area contributed by atoms with E-state index in [4.69, 9.17) is 10.5 Å². The van der Waals surface area contributed by atoms with Crippen molar-refractivity contribution in [1.29, 1.82) is 0 Å². The Kier molecular flexibility index (Phi) is 3.42. The average Bonchev–Trinajstić information content (AvgIpc) is 3.01. The molecule has 20 heavy (non-hydrogen) atoms. The number of rotatable bonds is 3. The molecule has 0 spiro atoms. The maximum Gasteiger partial charge on any atom is 0.258 e. The molecule has 2 aromatic heterocycles. The fourth-order valence-corrected chi connectivity index (χ4v) is 2.17. The summed E-state index contributed by atoms with van der Waals surface area (Å²) in [5.41, 5.74) is 5.78. The van der Waals surface area contributed by atoms with Gasteiger partial charge < -0.3 is 15.4 Å². The zero-order valence-electron chi connectivity index (χ0n) is 11.2. The molecule has 106 valence electrons. The van der Waals surface area contributed by atoms with Gasteiger partial charge in [-0.15, -0.1) is 0 Å². The zero-order chi connectivity index (χ0) is 13.9. The van der Waals surface area contributed by atoms with Gasteiger partial charge in [0, 0.05) is 6.54 Å². The molecule has 1 atom stereocenters. The Bertz CT molecular complexity index is 572. The number of nitrogens with two attached hydrogens (primary N) is 1. The van der Waals surface area contributed by atoms with Gasteiger partial charge in [0.25, 0.3) is 5.95 Å². The van der Waals surface area contributed by atoms with Gasteiger partial charge in [-0.3, -0.25) is 0 Å². The highest BCUT2D eigenvalue weighted by atomic mass is 16.5. The number of nitrogens with zero attached hydrogens (tertiary/aromatic N) is 7. The Balaban J connectivity index is 1.96. The number of morpholine rings is 1. The average molecular weight is 276 g/mol. The number of nitrogen functional groups attached to an aromatic ring is 1. The van der Waals surface area contributed by atoms with E-state index in [2.05, 4.69) is 36.9 Å². The van der Waals surface area contributed by atoms with Gasteiger partial charge in [-0.2, -0.15) is 24.7 Å². The summed E-state index contributed by atoms with van der Waals surface area (Å²) >= 11 is 0. The number of anilines is 2. The summed E-state index contributed by atoms with van der Waals surface area (Å²) in [6.45, 7) is 4.16. The molecule has 3 heterocycles. The normalized spacial score (nSPS) is 19.2. The van der Waals surface area contributed by atoms with Crippen molar-refractivity contribution in [2.45, 2.75) is 19.4 Å². The maximum absolute atomic E-state index is 5.78. The third-order valence-corrected chi connectivity index (χ3v) is 3.21. The first-order chi connectivity index (χ1) is 9.78. The van der Waals surface area contributed by atoms with Crippen molar-refractivity contribution in [3.63, 3.8) is 0 Å². The second-order valence-corrected chi connectivity index (χ2v) is 4.46. The first-order valence-corrected chi connectivity index (χ1v) is 6.49. The van der Waals surface area contributed by atoms with Gasteiger partial charge in [-0.25, -0.2) is 4.98 Å². The van der Waals surface area contributed by atoms with Crippen LogP contribution in [-0.4, -0.2) is 55.5 Å². The van der Waals surface area contributed by atoms with Gasteiger partial charge >= 0.3 is 0 Å². The predicted octanol–water partition coefficient (Wildman–Crippen LogP) is -0.350. The van der Waals surface area contributed by atoms with Gasteiger partial charge in [0.05, 0.1) is 19.3 Å². The van der Waals surface area contributed by atoms with Gasteiger partial charge in [-0.1, -0.05) is 6.92 Å². The molecule has 0 saturated carbocycles. The number of ether oxygens (including phenoxy) is 1. The Hall–Kier alpha value is -2.29. The van der Waals surface area contributed by atoms with Crippen LogP contribution in [0.1, 0.15) is 13.3 Å². The molecule has 9 heteroatoms. The summed E-state index contributed by atoms with van der Waals surface area (Å²) in [7, 11) is 0. The third-order valence-electron chi connectivity index (χ3n) is 3.21. The predicted molar refractivity (Wildman–Crippen MR) is 71.4 cm³/mol. The fourth-order valence-electron chi connectivity index (χ4n) is 2.17. The monoisotopic (exact) mass is 276 g/mol. The minimum Gasteiger partial charge on any atom is -0.377 e. The number of hydrogen-bond acceptors (Lipinski definition) is 8. The van der Waals surface area contributed by atoms with Crippen LogP contribution in [0.3, 0.4) is 0 Å². The molecular weight excluding hydrogens is 260 g/mol. The van der Waals surface area contributed by atoms with Crippen molar-refractivity contribution in [2.75, 3.05) is 30.4 Å². The third kappa shape index (κ3) is 2.39. The second-order valence-electron chi connectivity index (χ2n) is 4.46. The van der Waals surface area contributed by atoms with Crippen molar-refractivity contribution >= 4 is 11.9 Å². The molecule has 1 aliphatic rings. The van der Waals surface area contributed by atoms with E-state index < -0.39 is 0 Å². The zero-order valence-corrected chi connectivity index (χ0v) is 11.2. The SMILES string of the molecule is CCC1COCCN1c1nc(N)nc(-n2cncn2)n1.